The molecule has 0 N–H and O–H groups in total. The Balaban J connectivity index is 2.36. The van der Waals surface area contributed by atoms with Crippen molar-refractivity contribution in [3.05, 3.63) is 44.8 Å². The third-order valence-corrected chi connectivity index (χ3v) is 3.17. The number of aryl methyl sites for hydroxylation is 2. The summed E-state index contributed by atoms with van der Waals surface area (Å²) in [6.07, 6.45) is 3.38. The van der Waals surface area contributed by atoms with E-state index in [9.17, 15) is 4.79 Å². The minimum Gasteiger partial charge on any atom is -0.292 e. The summed E-state index contributed by atoms with van der Waals surface area (Å²) in [4.78, 5) is 16.0. The number of hydrogen-bond donors (Lipinski definition) is 0. The first-order valence-corrected chi connectivity index (χ1v) is 5.57. The zero-order chi connectivity index (χ0) is 11.7. The van der Waals surface area contributed by atoms with Crippen LogP contribution in [-0.2, 0) is 13.6 Å². The Morgan fingerprint density at radius 3 is 2.88 bits per heavy atom. The topological polar surface area (TPSA) is 52.7 Å². The highest BCUT2D eigenvalue weighted by molar-refractivity contribution is 9.10. The van der Waals surface area contributed by atoms with Crippen LogP contribution in [0.15, 0.2) is 27.9 Å². The van der Waals surface area contributed by atoms with Crippen LogP contribution in [0.3, 0.4) is 0 Å². The van der Waals surface area contributed by atoms with Crippen LogP contribution in [0.2, 0.25) is 0 Å². The molecule has 84 valence electrons. The molecule has 0 saturated carbocycles. The first-order valence-electron chi connectivity index (χ1n) is 4.78. The zero-order valence-electron chi connectivity index (χ0n) is 9.01. The molecule has 0 aliphatic carbocycles. The summed E-state index contributed by atoms with van der Waals surface area (Å²) in [5.41, 5.74) is 1.45. The number of rotatable bonds is 2. The summed E-state index contributed by atoms with van der Waals surface area (Å²) < 4.78 is 3.74. The summed E-state index contributed by atoms with van der Waals surface area (Å²) in [5.74, 6) is 0. The fourth-order valence-electron chi connectivity index (χ4n) is 1.38. The molecule has 0 unspecified atom stereocenters. The van der Waals surface area contributed by atoms with E-state index in [1.54, 1.807) is 11.6 Å². The largest absolute Gasteiger partial charge is 0.292 e. The van der Waals surface area contributed by atoms with Crippen molar-refractivity contribution in [3.63, 3.8) is 0 Å². The fourth-order valence-corrected chi connectivity index (χ4v) is 1.71. The molecule has 0 saturated heterocycles. The van der Waals surface area contributed by atoms with Gasteiger partial charge in [-0.25, -0.2) is 4.98 Å². The van der Waals surface area contributed by atoms with Crippen LogP contribution in [-0.4, -0.2) is 19.3 Å². The van der Waals surface area contributed by atoms with E-state index >= 15 is 0 Å². The summed E-state index contributed by atoms with van der Waals surface area (Å²) in [6, 6.07) is 1.88. The molecule has 0 fully saturated rings. The molecule has 0 bridgehead atoms. The Bertz CT molecular complexity index is 572. The minimum atomic E-state index is -0.0850. The van der Waals surface area contributed by atoms with E-state index in [2.05, 4.69) is 26.0 Å². The van der Waals surface area contributed by atoms with E-state index in [0.29, 0.717) is 16.7 Å². The molecule has 0 spiro atoms. The van der Waals surface area contributed by atoms with Gasteiger partial charge in [-0.2, -0.15) is 5.10 Å². The lowest BCUT2D eigenvalue weighted by atomic mass is 10.4. The van der Waals surface area contributed by atoms with Crippen molar-refractivity contribution in [1.82, 2.24) is 19.3 Å². The minimum absolute atomic E-state index is 0.0850. The maximum Gasteiger partial charge on any atom is 0.268 e. The number of halogens is 1. The average Bonchev–Trinajstić information content (AvgIpc) is 2.65. The molecule has 0 radical (unpaired) electrons. The van der Waals surface area contributed by atoms with E-state index in [-0.39, 0.29) is 5.56 Å². The monoisotopic (exact) mass is 282 g/mol. The van der Waals surface area contributed by atoms with Gasteiger partial charge < -0.3 is 0 Å². The molecule has 0 aromatic carbocycles. The predicted octanol–water partition coefficient (Wildman–Crippen LogP) is 1.10. The first-order chi connectivity index (χ1) is 7.58. The molecule has 2 heterocycles. The normalized spacial score (nSPS) is 10.7. The van der Waals surface area contributed by atoms with Crippen LogP contribution in [0, 0.1) is 6.92 Å². The molecule has 2 aromatic heterocycles. The van der Waals surface area contributed by atoms with Crippen LogP contribution in [0.25, 0.3) is 0 Å². The molecule has 16 heavy (non-hydrogen) atoms. The van der Waals surface area contributed by atoms with Crippen molar-refractivity contribution in [3.8, 4) is 0 Å². The van der Waals surface area contributed by atoms with Crippen molar-refractivity contribution in [2.24, 2.45) is 7.05 Å². The fraction of sp³-hybridized carbons (Fsp3) is 0.300. The van der Waals surface area contributed by atoms with Gasteiger partial charge in [-0.1, -0.05) is 0 Å². The van der Waals surface area contributed by atoms with Crippen molar-refractivity contribution >= 4 is 15.9 Å². The lowest BCUT2D eigenvalue weighted by Crippen LogP contribution is -2.22. The van der Waals surface area contributed by atoms with E-state index in [0.717, 1.165) is 5.69 Å². The second kappa shape index (κ2) is 4.21. The molecule has 0 atom stereocenters. The molecule has 2 rings (SSSR count). The zero-order valence-corrected chi connectivity index (χ0v) is 10.6. The highest BCUT2D eigenvalue weighted by Crippen LogP contribution is 2.06. The molecule has 5 nitrogen and oxygen atoms in total. The Hall–Kier alpha value is -1.43. The number of aromatic nitrogens is 4. The first kappa shape index (κ1) is 11.1. The van der Waals surface area contributed by atoms with E-state index < -0.39 is 0 Å². The van der Waals surface area contributed by atoms with Crippen molar-refractivity contribution in [2.75, 3.05) is 0 Å². The number of hydrogen-bond acceptors (Lipinski definition) is 3. The number of nitrogens with zero attached hydrogens (tertiary/aromatic N) is 4. The van der Waals surface area contributed by atoms with E-state index in [1.165, 1.54) is 10.9 Å². The second-order valence-electron chi connectivity index (χ2n) is 3.56. The highest BCUT2D eigenvalue weighted by atomic mass is 79.9. The average molecular weight is 283 g/mol. The maximum absolute atomic E-state index is 11.8. The Morgan fingerprint density at radius 1 is 1.50 bits per heavy atom. The van der Waals surface area contributed by atoms with Crippen LogP contribution >= 0.6 is 15.9 Å². The summed E-state index contributed by atoms with van der Waals surface area (Å²) >= 11 is 3.23. The molecule has 6 heteroatoms. The third kappa shape index (κ3) is 2.06. The molecule has 0 aliphatic rings. The Kier molecular flexibility index (Phi) is 2.91. The van der Waals surface area contributed by atoms with Crippen molar-refractivity contribution < 1.29 is 0 Å². The smallest absolute Gasteiger partial charge is 0.268 e. The standard InChI is InChI=1S/C10H11BrN4O/c1-7-9(11)10(16)15(6-12-7)5-8-3-4-14(2)13-8/h3-4,6H,5H2,1-2H3. The van der Waals surface area contributed by atoms with Crippen LogP contribution in [0.1, 0.15) is 11.4 Å². The van der Waals surface area contributed by atoms with Gasteiger partial charge in [-0.05, 0) is 28.9 Å². The van der Waals surface area contributed by atoms with Gasteiger partial charge in [0, 0.05) is 13.2 Å². The van der Waals surface area contributed by atoms with E-state index in [1.807, 2.05) is 19.3 Å². The van der Waals surface area contributed by atoms with Crippen molar-refractivity contribution in [1.29, 1.82) is 0 Å². The van der Waals surface area contributed by atoms with Gasteiger partial charge in [0.25, 0.3) is 5.56 Å². The molecular weight excluding hydrogens is 272 g/mol. The van der Waals surface area contributed by atoms with Crippen LogP contribution in [0.5, 0.6) is 0 Å². The lowest BCUT2D eigenvalue weighted by molar-refractivity contribution is 0.676. The molecule has 0 aliphatic heterocycles. The van der Waals surface area contributed by atoms with Gasteiger partial charge in [0.05, 0.1) is 24.3 Å². The quantitative estimate of drug-likeness (QED) is 0.829. The third-order valence-electron chi connectivity index (χ3n) is 2.26. The van der Waals surface area contributed by atoms with Gasteiger partial charge in [0.1, 0.15) is 4.47 Å². The van der Waals surface area contributed by atoms with Gasteiger partial charge >= 0.3 is 0 Å². The van der Waals surface area contributed by atoms with Gasteiger partial charge in [0.15, 0.2) is 0 Å². The molecule has 2 aromatic rings. The van der Waals surface area contributed by atoms with Crippen molar-refractivity contribution in [2.45, 2.75) is 13.5 Å². The molecule has 0 amide bonds. The predicted molar refractivity (Wildman–Crippen MR) is 63.2 cm³/mol. The van der Waals surface area contributed by atoms with Crippen LogP contribution in [0.4, 0.5) is 0 Å². The maximum atomic E-state index is 11.8. The summed E-state index contributed by atoms with van der Waals surface area (Å²) in [7, 11) is 1.84. The SMILES string of the molecule is Cc1ncn(Cc2ccn(C)n2)c(=O)c1Br. The Labute approximate surface area is 101 Å². The second-order valence-corrected chi connectivity index (χ2v) is 4.35. The molecular formula is C10H11BrN4O. The van der Waals surface area contributed by atoms with Crippen LogP contribution < -0.4 is 5.56 Å². The van der Waals surface area contributed by atoms with Gasteiger partial charge in [0.2, 0.25) is 0 Å². The Morgan fingerprint density at radius 2 is 2.25 bits per heavy atom. The lowest BCUT2D eigenvalue weighted by Gasteiger charge is -2.04. The summed E-state index contributed by atoms with van der Waals surface area (Å²) in [5, 5.41) is 4.21. The highest BCUT2D eigenvalue weighted by Gasteiger charge is 2.06. The summed E-state index contributed by atoms with van der Waals surface area (Å²) in [6.45, 7) is 2.22. The van der Waals surface area contributed by atoms with Gasteiger partial charge in [-0.15, -0.1) is 0 Å². The van der Waals surface area contributed by atoms with Gasteiger partial charge in [-0.3, -0.25) is 14.0 Å². The van der Waals surface area contributed by atoms with E-state index in [4.69, 9.17) is 0 Å².